The van der Waals surface area contributed by atoms with Crippen LogP contribution < -0.4 is 0 Å². The van der Waals surface area contributed by atoms with E-state index < -0.39 is 0 Å². The van der Waals surface area contributed by atoms with E-state index >= 15 is 0 Å². The van der Waals surface area contributed by atoms with E-state index in [1.54, 1.807) is 11.3 Å². The lowest BCUT2D eigenvalue weighted by molar-refractivity contribution is 0.627. The second-order valence-electron chi connectivity index (χ2n) is 8.15. The van der Waals surface area contributed by atoms with Gasteiger partial charge in [0.2, 0.25) is 0 Å². The fraction of sp³-hybridized carbons (Fsp3) is 0.0714. The average Bonchev–Trinajstić information content (AvgIpc) is 3.54. The molecule has 0 amide bonds. The van der Waals surface area contributed by atoms with Gasteiger partial charge in [0.15, 0.2) is 5.76 Å². The Labute approximate surface area is 195 Å². The molecule has 0 fully saturated rings. The Balaban J connectivity index is 1.45. The highest BCUT2D eigenvalue weighted by Crippen LogP contribution is 2.32. The zero-order chi connectivity index (χ0) is 22.4. The van der Waals surface area contributed by atoms with E-state index in [9.17, 15) is 0 Å². The minimum atomic E-state index is 0.751. The second-order valence-corrected chi connectivity index (χ2v) is 9.21. The van der Waals surface area contributed by atoms with Gasteiger partial charge in [-0.3, -0.25) is 0 Å². The van der Waals surface area contributed by atoms with Crippen LogP contribution >= 0.6 is 11.3 Å². The summed E-state index contributed by atoms with van der Waals surface area (Å²) < 4.78 is 9.25. The third kappa shape index (κ3) is 3.66. The summed E-state index contributed by atoms with van der Waals surface area (Å²) in [6, 6.07) is 24.6. The number of rotatable bonds is 4. The second kappa shape index (κ2) is 7.87. The molecule has 0 spiro atoms. The van der Waals surface area contributed by atoms with Crippen LogP contribution in [0.4, 0.5) is 0 Å². The fourth-order valence-electron chi connectivity index (χ4n) is 3.94. The topological polar surface area (TPSA) is 43.9 Å². The molecule has 6 aromatic rings. The Kier molecular flexibility index (Phi) is 4.70. The zero-order valence-electron chi connectivity index (χ0n) is 18.3. The van der Waals surface area contributed by atoms with E-state index in [-0.39, 0.29) is 0 Å². The molecule has 6 rings (SSSR count). The lowest BCUT2D eigenvalue weighted by Crippen LogP contribution is -1.93. The molecule has 33 heavy (non-hydrogen) atoms. The van der Waals surface area contributed by atoms with E-state index in [0.29, 0.717) is 0 Å². The molecule has 3 aromatic heterocycles. The number of furan rings is 1. The van der Waals surface area contributed by atoms with Crippen molar-refractivity contribution in [1.29, 1.82) is 0 Å². The first-order valence-electron chi connectivity index (χ1n) is 10.8. The minimum absolute atomic E-state index is 0.751. The first-order chi connectivity index (χ1) is 16.1. The van der Waals surface area contributed by atoms with Crippen molar-refractivity contribution < 1.29 is 4.42 Å². The predicted octanol–water partition coefficient (Wildman–Crippen LogP) is 7.68. The summed E-state index contributed by atoms with van der Waals surface area (Å²) in [4.78, 5) is 4.81. The molecule has 4 nitrogen and oxygen atoms in total. The Hall–Kier alpha value is -3.96. The molecule has 0 aliphatic carbocycles. The van der Waals surface area contributed by atoms with E-state index in [1.807, 2.05) is 65.5 Å². The van der Waals surface area contributed by atoms with Crippen molar-refractivity contribution in [2.75, 3.05) is 0 Å². The number of benzene rings is 3. The van der Waals surface area contributed by atoms with Crippen molar-refractivity contribution >= 4 is 44.7 Å². The lowest BCUT2D eigenvalue weighted by Gasteiger charge is -1.98. The quantitative estimate of drug-likeness (QED) is 0.278. The molecule has 0 bridgehead atoms. The van der Waals surface area contributed by atoms with Crippen LogP contribution in [0.5, 0.6) is 0 Å². The van der Waals surface area contributed by atoms with Crippen molar-refractivity contribution in [2.45, 2.75) is 13.8 Å². The summed E-state index contributed by atoms with van der Waals surface area (Å²) in [5.41, 5.74) is 7.23. The van der Waals surface area contributed by atoms with Gasteiger partial charge in [0.1, 0.15) is 16.3 Å². The van der Waals surface area contributed by atoms with E-state index in [0.717, 1.165) is 44.2 Å². The number of hydrogen-bond acceptors (Lipinski definition) is 4. The molecular weight excluding hydrogens is 426 g/mol. The van der Waals surface area contributed by atoms with E-state index in [4.69, 9.17) is 14.5 Å². The maximum Gasteiger partial charge on any atom is 0.156 e. The number of nitrogens with zero attached hydrogens (tertiary/aromatic N) is 3. The van der Waals surface area contributed by atoms with Crippen molar-refractivity contribution in [3.63, 3.8) is 0 Å². The number of fused-ring (bicyclic) bond motifs is 2. The first-order valence-corrected chi connectivity index (χ1v) is 11.7. The molecular formula is C28H21N3OS. The largest absolute Gasteiger partial charge is 0.454 e. The van der Waals surface area contributed by atoms with Crippen LogP contribution in [0.3, 0.4) is 0 Å². The van der Waals surface area contributed by atoms with Gasteiger partial charge in [0.05, 0.1) is 15.9 Å². The summed E-state index contributed by atoms with van der Waals surface area (Å²) >= 11 is 1.70. The first kappa shape index (κ1) is 19.7. The maximum absolute atomic E-state index is 6.15. The normalized spacial score (nSPS) is 11.8. The number of aromatic nitrogens is 3. The fourth-order valence-corrected chi connectivity index (χ4v) is 4.89. The molecule has 0 saturated carbocycles. The number of thiazole rings is 1. The molecule has 0 atom stereocenters. The smallest absolute Gasteiger partial charge is 0.156 e. The van der Waals surface area contributed by atoms with Crippen LogP contribution in [0.1, 0.15) is 21.7 Å². The molecule has 160 valence electrons. The van der Waals surface area contributed by atoms with Crippen LogP contribution in [-0.2, 0) is 0 Å². The van der Waals surface area contributed by atoms with Gasteiger partial charge in [0.25, 0.3) is 0 Å². The van der Waals surface area contributed by atoms with Gasteiger partial charge in [0, 0.05) is 17.1 Å². The molecule has 0 radical (unpaired) electrons. The Bertz CT molecular complexity index is 1560. The van der Waals surface area contributed by atoms with E-state index in [1.165, 1.54) is 15.8 Å². The number of para-hydroxylation sites is 2. The Morgan fingerprint density at radius 3 is 2.52 bits per heavy atom. The Morgan fingerprint density at radius 2 is 1.67 bits per heavy atom. The average molecular weight is 448 g/mol. The maximum atomic E-state index is 6.15. The molecule has 0 aliphatic rings. The monoisotopic (exact) mass is 447 g/mol. The van der Waals surface area contributed by atoms with Gasteiger partial charge in [-0.05, 0) is 73.5 Å². The van der Waals surface area contributed by atoms with Crippen molar-refractivity contribution in [3.05, 3.63) is 101 Å². The van der Waals surface area contributed by atoms with Gasteiger partial charge < -0.3 is 4.42 Å². The lowest BCUT2D eigenvalue weighted by atomic mass is 10.1. The summed E-state index contributed by atoms with van der Waals surface area (Å²) in [5, 5.41) is 6.91. The summed E-state index contributed by atoms with van der Waals surface area (Å²) in [6.45, 7) is 4.27. The standard InChI is InChI=1S/C28H21N3OS/c1-18-14-23-26(15-19(18)2)33-27(29-23)13-12-21-17-31(22-9-4-3-5-10-22)30-28(21)25-16-20-8-6-7-11-24(20)32-25/h3-17H,1-2H3/b13-12+. The van der Waals surface area contributed by atoms with Crippen LogP contribution in [0.25, 0.3) is 50.5 Å². The highest BCUT2D eigenvalue weighted by atomic mass is 32.1. The summed E-state index contributed by atoms with van der Waals surface area (Å²) in [7, 11) is 0. The number of hydrogen-bond donors (Lipinski definition) is 0. The van der Waals surface area contributed by atoms with Crippen molar-refractivity contribution in [3.8, 4) is 17.1 Å². The third-order valence-electron chi connectivity index (χ3n) is 5.85. The SMILES string of the molecule is Cc1cc2nc(/C=C/c3cn(-c4ccccc4)nc3-c3cc4ccccc4o3)sc2cc1C. The van der Waals surface area contributed by atoms with Gasteiger partial charge >= 0.3 is 0 Å². The number of aryl methyl sites for hydroxylation is 2. The third-order valence-corrected chi connectivity index (χ3v) is 6.83. The molecule has 3 aromatic carbocycles. The highest BCUT2D eigenvalue weighted by Gasteiger charge is 2.15. The minimum Gasteiger partial charge on any atom is -0.454 e. The van der Waals surface area contributed by atoms with Crippen molar-refractivity contribution in [2.24, 2.45) is 0 Å². The van der Waals surface area contributed by atoms with Crippen LogP contribution in [0.2, 0.25) is 0 Å². The van der Waals surface area contributed by atoms with E-state index in [2.05, 4.69) is 44.2 Å². The zero-order valence-corrected chi connectivity index (χ0v) is 19.1. The molecule has 3 heterocycles. The van der Waals surface area contributed by atoms with Gasteiger partial charge in [-0.25, -0.2) is 9.67 Å². The Morgan fingerprint density at radius 1 is 0.879 bits per heavy atom. The van der Waals surface area contributed by atoms with Crippen LogP contribution in [-0.4, -0.2) is 14.8 Å². The molecule has 0 unspecified atom stereocenters. The van der Waals surface area contributed by atoms with Gasteiger partial charge in [-0.1, -0.05) is 36.4 Å². The summed E-state index contributed by atoms with van der Waals surface area (Å²) in [6.07, 6.45) is 6.18. The van der Waals surface area contributed by atoms with Crippen LogP contribution in [0.15, 0.2) is 83.4 Å². The van der Waals surface area contributed by atoms with Crippen LogP contribution in [0, 0.1) is 13.8 Å². The van der Waals surface area contributed by atoms with Gasteiger partial charge in [-0.15, -0.1) is 11.3 Å². The molecule has 5 heteroatoms. The molecule has 0 saturated heterocycles. The molecule has 0 aliphatic heterocycles. The molecule has 0 N–H and O–H groups in total. The predicted molar refractivity (Wildman–Crippen MR) is 137 cm³/mol. The van der Waals surface area contributed by atoms with Crippen molar-refractivity contribution in [1.82, 2.24) is 14.8 Å². The van der Waals surface area contributed by atoms with Gasteiger partial charge in [-0.2, -0.15) is 5.10 Å². The highest BCUT2D eigenvalue weighted by molar-refractivity contribution is 7.19. The summed E-state index contributed by atoms with van der Waals surface area (Å²) in [5.74, 6) is 0.751.